The molecular weight excluding hydrogens is 286 g/mol. The Morgan fingerprint density at radius 2 is 1.96 bits per heavy atom. The number of aromatic nitrogens is 2. The third-order valence-corrected chi connectivity index (χ3v) is 5.28. The van der Waals surface area contributed by atoms with Crippen LogP contribution in [0.2, 0.25) is 0 Å². The normalized spacial score (nSPS) is 28.2. The summed E-state index contributed by atoms with van der Waals surface area (Å²) in [6.45, 7) is 7.54. The van der Waals surface area contributed by atoms with Gasteiger partial charge in [0, 0.05) is 23.4 Å². The van der Waals surface area contributed by atoms with Gasteiger partial charge in [0.15, 0.2) is 5.82 Å². The molecule has 0 unspecified atom stereocenters. The lowest BCUT2D eigenvalue weighted by Gasteiger charge is -2.24. The highest BCUT2D eigenvalue weighted by Gasteiger charge is 2.46. The first kappa shape index (κ1) is 14.9. The van der Waals surface area contributed by atoms with Crippen LogP contribution in [-0.4, -0.2) is 27.6 Å². The third-order valence-electron chi connectivity index (χ3n) is 5.28. The minimum Gasteiger partial charge on any atom is -0.339 e. The molecule has 0 bridgehead atoms. The fourth-order valence-electron chi connectivity index (χ4n) is 4.14. The molecule has 0 saturated carbocycles. The van der Waals surface area contributed by atoms with Gasteiger partial charge in [0.25, 0.3) is 0 Å². The van der Waals surface area contributed by atoms with Gasteiger partial charge in [-0.2, -0.15) is 4.98 Å². The summed E-state index contributed by atoms with van der Waals surface area (Å²) < 4.78 is 5.55. The van der Waals surface area contributed by atoms with Crippen LogP contribution in [0.3, 0.4) is 0 Å². The zero-order valence-electron chi connectivity index (χ0n) is 14.2. The Balaban J connectivity index is 1.64. The van der Waals surface area contributed by atoms with Crippen LogP contribution in [0.4, 0.5) is 0 Å². The lowest BCUT2D eigenvalue weighted by molar-refractivity contribution is 0.243. The number of benzene rings is 1. The lowest BCUT2D eigenvalue weighted by Crippen LogP contribution is -2.27. The molecule has 2 aliphatic rings. The van der Waals surface area contributed by atoms with Gasteiger partial charge >= 0.3 is 0 Å². The van der Waals surface area contributed by atoms with Crippen molar-refractivity contribution in [1.82, 2.24) is 15.0 Å². The van der Waals surface area contributed by atoms with Gasteiger partial charge in [-0.3, -0.25) is 4.90 Å². The maximum atomic E-state index is 5.55. The predicted octanol–water partition coefficient (Wildman–Crippen LogP) is 4.06. The van der Waals surface area contributed by atoms with Crippen molar-refractivity contribution in [2.45, 2.75) is 63.5 Å². The minimum atomic E-state index is -0.0853. The van der Waals surface area contributed by atoms with E-state index >= 15 is 0 Å². The molecule has 3 heterocycles. The Morgan fingerprint density at radius 1 is 1.17 bits per heavy atom. The molecule has 23 heavy (non-hydrogen) atoms. The minimum absolute atomic E-state index is 0.0853. The van der Waals surface area contributed by atoms with Crippen molar-refractivity contribution in [2.75, 3.05) is 6.54 Å². The van der Waals surface area contributed by atoms with Crippen LogP contribution in [0.5, 0.6) is 0 Å². The quantitative estimate of drug-likeness (QED) is 0.839. The van der Waals surface area contributed by atoms with Gasteiger partial charge in [0.2, 0.25) is 5.89 Å². The maximum Gasteiger partial charge on any atom is 0.232 e. The van der Waals surface area contributed by atoms with E-state index < -0.39 is 0 Å². The smallest absolute Gasteiger partial charge is 0.232 e. The van der Waals surface area contributed by atoms with Crippen molar-refractivity contribution >= 4 is 0 Å². The fourth-order valence-corrected chi connectivity index (χ4v) is 4.14. The molecule has 122 valence electrons. The first-order valence-electron chi connectivity index (χ1n) is 8.69. The van der Waals surface area contributed by atoms with Gasteiger partial charge in [0.1, 0.15) is 0 Å². The van der Waals surface area contributed by atoms with Gasteiger partial charge in [-0.05, 0) is 31.4 Å². The van der Waals surface area contributed by atoms with Crippen LogP contribution in [-0.2, 0) is 5.41 Å². The fraction of sp³-hybridized carbons (Fsp3) is 0.579. The summed E-state index contributed by atoms with van der Waals surface area (Å²) in [4.78, 5) is 7.41. The second kappa shape index (κ2) is 5.45. The number of hydrogen-bond donors (Lipinski definition) is 0. The Labute approximate surface area is 137 Å². The van der Waals surface area contributed by atoms with Crippen molar-refractivity contribution in [3.8, 4) is 0 Å². The average molecular weight is 311 g/mol. The van der Waals surface area contributed by atoms with Gasteiger partial charge in [-0.25, -0.2) is 0 Å². The SMILES string of the molecule is CC(C)(C)c1nc([C@H]2C[C@@H](c3ccccc3)N3CCC[C@H]23)no1. The van der Waals surface area contributed by atoms with Crippen LogP contribution in [0, 0.1) is 0 Å². The van der Waals surface area contributed by atoms with Crippen LogP contribution in [0.1, 0.15) is 69.3 Å². The average Bonchev–Trinajstić information content (AvgIpc) is 3.23. The molecule has 0 amide bonds. The van der Waals surface area contributed by atoms with E-state index in [-0.39, 0.29) is 5.41 Å². The van der Waals surface area contributed by atoms with Crippen LogP contribution in [0.15, 0.2) is 34.9 Å². The molecule has 2 saturated heterocycles. The molecule has 0 aliphatic carbocycles. The largest absolute Gasteiger partial charge is 0.339 e. The summed E-state index contributed by atoms with van der Waals surface area (Å²) in [7, 11) is 0. The highest BCUT2D eigenvalue weighted by Crippen LogP contribution is 2.48. The van der Waals surface area contributed by atoms with Crippen LogP contribution < -0.4 is 0 Å². The lowest BCUT2D eigenvalue weighted by atomic mass is 9.93. The topological polar surface area (TPSA) is 42.2 Å². The predicted molar refractivity (Wildman–Crippen MR) is 89.3 cm³/mol. The Hall–Kier alpha value is -1.68. The van der Waals surface area contributed by atoms with Gasteiger partial charge in [-0.1, -0.05) is 56.3 Å². The second-order valence-corrected chi connectivity index (χ2v) is 7.92. The molecule has 1 aromatic heterocycles. The zero-order valence-corrected chi connectivity index (χ0v) is 14.2. The van der Waals surface area contributed by atoms with Crippen molar-refractivity contribution < 1.29 is 4.52 Å². The highest BCUT2D eigenvalue weighted by molar-refractivity contribution is 5.24. The number of hydrogen-bond acceptors (Lipinski definition) is 4. The molecule has 0 radical (unpaired) electrons. The molecule has 4 heteroatoms. The first-order valence-corrected chi connectivity index (χ1v) is 8.69. The molecule has 3 atom stereocenters. The Kier molecular flexibility index (Phi) is 3.52. The van der Waals surface area contributed by atoms with E-state index in [4.69, 9.17) is 9.51 Å². The van der Waals surface area contributed by atoms with E-state index in [1.165, 1.54) is 24.9 Å². The number of rotatable bonds is 2. The Morgan fingerprint density at radius 3 is 2.65 bits per heavy atom. The van der Waals surface area contributed by atoms with Crippen molar-refractivity contribution in [1.29, 1.82) is 0 Å². The molecule has 2 aromatic rings. The standard InChI is InChI=1S/C19H25N3O/c1-19(2,3)18-20-17(21-23-18)14-12-16(13-8-5-4-6-9-13)22-11-7-10-15(14)22/h4-6,8-9,14-16H,7,10-12H2,1-3H3/t14-,15+,16-/m0/s1. The van der Waals surface area contributed by atoms with Crippen molar-refractivity contribution in [2.24, 2.45) is 0 Å². The van der Waals surface area contributed by atoms with Crippen LogP contribution >= 0.6 is 0 Å². The summed E-state index contributed by atoms with van der Waals surface area (Å²) in [5.74, 6) is 2.05. The molecule has 4 nitrogen and oxygen atoms in total. The molecule has 1 aromatic carbocycles. The van der Waals surface area contributed by atoms with Gasteiger partial charge < -0.3 is 4.52 Å². The maximum absolute atomic E-state index is 5.55. The third kappa shape index (κ3) is 2.59. The summed E-state index contributed by atoms with van der Waals surface area (Å²) in [6.07, 6.45) is 3.61. The number of fused-ring (bicyclic) bond motifs is 1. The van der Waals surface area contributed by atoms with E-state index in [2.05, 4.69) is 61.2 Å². The van der Waals surface area contributed by atoms with Crippen molar-refractivity contribution in [3.63, 3.8) is 0 Å². The molecule has 0 N–H and O–H groups in total. The Bertz CT molecular complexity index is 673. The molecule has 2 aliphatic heterocycles. The van der Waals surface area contributed by atoms with Gasteiger partial charge in [-0.15, -0.1) is 0 Å². The zero-order chi connectivity index (χ0) is 16.0. The molecule has 4 rings (SSSR count). The number of nitrogens with zero attached hydrogens (tertiary/aromatic N) is 3. The van der Waals surface area contributed by atoms with E-state index in [1.54, 1.807) is 0 Å². The van der Waals surface area contributed by atoms with Crippen LogP contribution in [0.25, 0.3) is 0 Å². The summed E-state index contributed by atoms with van der Waals surface area (Å²) in [6, 6.07) is 11.9. The van der Waals surface area contributed by atoms with Crippen molar-refractivity contribution in [3.05, 3.63) is 47.6 Å². The molecular formula is C19H25N3O. The first-order chi connectivity index (χ1) is 11.0. The van der Waals surface area contributed by atoms with Gasteiger partial charge in [0.05, 0.1) is 0 Å². The van der Waals surface area contributed by atoms with E-state index in [0.717, 1.165) is 18.1 Å². The van der Waals surface area contributed by atoms with E-state index in [0.29, 0.717) is 18.0 Å². The van der Waals surface area contributed by atoms with E-state index in [1.807, 2.05) is 0 Å². The highest BCUT2D eigenvalue weighted by atomic mass is 16.5. The molecule has 0 spiro atoms. The summed E-state index contributed by atoms with van der Waals surface area (Å²) >= 11 is 0. The summed E-state index contributed by atoms with van der Waals surface area (Å²) in [5, 5.41) is 4.34. The monoisotopic (exact) mass is 311 g/mol. The second-order valence-electron chi connectivity index (χ2n) is 7.92. The van der Waals surface area contributed by atoms with E-state index in [9.17, 15) is 0 Å². The molecule has 2 fully saturated rings. The summed E-state index contributed by atoms with van der Waals surface area (Å²) in [5.41, 5.74) is 1.33.